The largest absolute Gasteiger partial charge is 0.326 e. The van der Waals surface area contributed by atoms with Gasteiger partial charge in [-0.1, -0.05) is 0 Å². The summed E-state index contributed by atoms with van der Waals surface area (Å²) in [6.07, 6.45) is 2.32. The molecule has 0 aliphatic carbocycles. The highest BCUT2D eigenvalue weighted by Gasteiger charge is 2.28. The van der Waals surface area contributed by atoms with E-state index in [9.17, 15) is 13.2 Å². The van der Waals surface area contributed by atoms with E-state index in [1.807, 2.05) is 6.92 Å². The van der Waals surface area contributed by atoms with Crippen molar-refractivity contribution < 1.29 is 13.2 Å². The maximum absolute atomic E-state index is 12.6. The molecule has 1 N–H and O–H groups in total. The SMILES string of the molecule is Cc1nc(CN2CCC(C(=O)Nc3ccc(N4CCCS4(=O)=O)cc3)CC2)cs1. The quantitative estimate of drug-likeness (QED) is 0.782. The maximum atomic E-state index is 12.6. The van der Waals surface area contributed by atoms with Gasteiger partial charge < -0.3 is 5.32 Å². The lowest BCUT2D eigenvalue weighted by Gasteiger charge is -2.30. The number of thiazole rings is 1. The van der Waals surface area contributed by atoms with Gasteiger partial charge >= 0.3 is 0 Å². The number of aryl methyl sites for hydroxylation is 1. The molecular weight excluding hydrogens is 408 g/mol. The Kier molecular flexibility index (Phi) is 5.89. The lowest BCUT2D eigenvalue weighted by Crippen LogP contribution is -2.37. The van der Waals surface area contributed by atoms with Crippen molar-refractivity contribution in [2.24, 2.45) is 5.92 Å². The monoisotopic (exact) mass is 434 g/mol. The molecule has 0 bridgehead atoms. The first-order valence-corrected chi connectivity index (χ1v) is 12.4. The number of hydrogen-bond donors (Lipinski definition) is 1. The minimum absolute atomic E-state index is 0.00190. The van der Waals surface area contributed by atoms with Gasteiger partial charge in [-0.05, 0) is 63.5 Å². The van der Waals surface area contributed by atoms with Crippen LogP contribution in [0.5, 0.6) is 0 Å². The number of rotatable bonds is 5. The summed E-state index contributed by atoms with van der Waals surface area (Å²) < 4.78 is 25.5. The number of benzene rings is 1. The van der Waals surface area contributed by atoms with Crippen molar-refractivity contribution in [1.82, 2.24) is 9.88 Å². The van der Waals surface area contributed by atoms with Crippen molar-refractivity contribution in [1.29, 1.82) is 0 Å². The molecule has 4 rings (SSSR count). The molecule has 1 aromatic heterocycles. The Bertz CT molecular complexity index is 964. The standard InChI is InChI=1S/C20H26N4O3S2/c1-15-21-18(14-28-15)13-23-10-7-16(8-11-23)20(25)22-17-3-5-19(6-4-17)24-9-2-12-29(24,26)27/h3-6,14,16H,2,7-13H2,1H3,(H,22,25). The number of carbonyl (C=O) groups is 1. The van der Waals surface area contributed by atoms with Crippen molar-refractivity contribution in [3.8, 4) is 0 Å². The first-order valence-electron chi connectivity index (χ1n) is 9.95. The summed E-state index contributed by atoms with van der Waals surface area (Å²) in [5.41, 5.74) is 2.47. The van der Waals surface area contributed by atoms with E-state index in [-0.39, 0.29) is 17.6 Å². The predicted octanol–water partition coefficient (Wildman–Crippen LogP) is 2.84. The van der Waals surface area contributed by atoms with Gasteiger partial charge in [0.25, 0.3) is 0 Å². The highest BCUT2D eigenvalue weighted by Crippen LogP contribution is 2.26. The fraction of sp³-hybridized carbons (Fsp3) is 0.500. The molecule has 9 heteroatoms. The van der Waals surface area contributed by atoms with Gasteiger partial charge in [0.2, 0.25) is 15.9 Å². The Morgan fingerprint density at radius 3 is 2.52 bits per heavy atom. The molecule has 0 unspecified atom stereocenters. The highest BCUT2D eigenvalue weighted by molar-refractivity contribution is 7.93. The van der Waals surface area contributed by atoms with Gasteiger partial charge in [-0.25, -0.2) is 13.4 Å². The number of amides is 1. The van der Waals surface area contributed by atoms with Gasteiger partial charge in [0.15, 0.2) is 0 Å². The summed E-state index contributed by atoms with van der Waals surface area (Å²) in [7, 11) is -3.18. The predicted molar refractivity (Wildman–Crippen MR) is 116 cm³/mol. The van der Waals surface area contributed by atoms with Crippen molar-refractivity contribution in [3.63, 3.8) is 0 Å². The summed E-state index contributed by atoms with van der Waals surface area (Å²) in [6, 6.07) is 7.08. The van der Waals surface area contributed by atoms with Crippen LogP contribution in [0, 0.1) is 12.8 Å². The minimum atomic E-state index is -3.18. The van der Waals surface area contributed by atoms with E-state index in [0.29, 0.717) is 24.3 Å². The molecule has 29 heavy (non-hydrogen) atoms. The number of piperidine rings is 1. The summed E-state index contributed by atoms with van der Waals surface area (Å²) in [5.74, 6) is 0.240. The van der Waals surface area contributed by atoms with Gasteiger partial charge in [0.1, 0.15) is 0 Å². The average Bonchev–Trinajstić information content (AvgIpc) is 3.27. The maximum Gasteiger partial charge on any atom is 0.235 e. The second-order valence-electron chi connectivity index (χ2n) is 7.69. The van der Waals surface area contributed by atoms with Gasteiger partial charge in [-0.15, -0.1) is 11.3 Å². The molecule has 2 aliphatic heterocycles. The molecule has 1 amide bonds. The lowest BCUT2D eigenvalue weighted by molar-refractivity contribution is -0.121. The van der Waals surface area contributed by atoms with Crippen LogP contribution < -0.4 is 9.62 Å². The zero-order valence-corrected chi connectivity index (χ0v) is 18.1. The summed E-state index contributed by atoms with van der Waals surface area (Å²) >= 11 is 1.67. The van der Waals surface area contributed by atoms with E-state index in [0.717, 1.165) is 43.2 Å². The van der Waals surface area contributed by atoms with E-state index in [4.69, 9.17) is 0 Å². The number of aromatic nitrogens is 1. The zero-order valence-electron chi connectivity index (χ0n) is 16.5. The van der Waals surface area contributed by atoms with Crippen molar-refractivity contribution in [3.05, 3.63) is 40.3 Å². The molecule has 7 nitrogen and oxygen atoms in total. The van der Waals surface area contributed by atoms with Crippen LogP contribution >= 0.6 is 11.3 Å². The first kappa shape index (κ1) is 20.3. The molecule has 2 fully saturated rings. The molecule has 2 aliphatic rings. The van der Waals surface area contributed by atoms with Crippen LogP contribution in [0.25, 0.3) is 0 Å². The van der Waals surface area contributed by atoms with E-state index in [1.165, 1.54) is 4.31 Å². The van der Waals surface area contributed by atoms with Crippen molar-refractivity contribution in [2.45, 2.75) is 32.7 Å². The number of carbonyl (C=O) groups excluding carboxylic acids is 1. The van der Waals surface area contributed by atoms with Crippen LogP contribution in [0.1, 0.15) is 30.0 Å². The summed E-state index contributed by atoms with van der Waals surface area (Å²) in [5, 5.41) is 6.17. The second-order valence-corrected chi connectivity index (χ2v) is 10.8. The van der Waals surface area contributed by atoms with Gasteiger partial charge in [-0.2, -0.15) is 0 Å². The van der Waals surface area contributed by atoms with E-state index in [1.54, 1.807) is 35.6 Å². The summed E-state index contributed by atoms with van der Waals surface area (Å²) in [4.78, 5) is 19.5. The van der Waals surface area contributed by atoms with Crippen LogP contribution in [-0.2, 0) is 21.4 Å². The lowest BCUT2D eigenvalue weighted by atomic mass is 9.95. The number of hydrogen-bond acceptors (Lipinski definition) is 6. The fourth-order valence-electron chi connectivity index (χ4n) is 3.95. The van der Waals surface area contributed by atoms with Gasteiger partial charge in [-0.3, -0.25) is 14.0 Å². The zero-order chi connectivity index (χ0) is 20.4. The molecule has 156 valence electrons. The van der Waals surface area contributed by atoms with Crippen LogP contribution in [-0.4, -0.2) is 49.6 Å². The molecular formula is C20H26N4O3S2. The normalized spacial score (nSPS) is 20.1. The number of likely N-dealkylation sites (tertiary alicyclic amines) is 1. The van der Waals surface area contributed by atoms with Crippen molar-refractivity contribution >= 4 is 38.6 Å². The van der Waals surface area contributed by atoms with E-state index >= 15 is 0 Å². The Labute approximate surface area is 175 Å². The van der Waals surface area contributed by atoms with Crippen molar-refractivity contribution in [2.75, 3.05) is 35.0 Å². The van der Waals surface area contributed by atoms with Gasteiger partial charge in [0, 0.05) is 30.1 Å². The minimum Gasteiger partial charge on any atom is -0.326 e. The molecule has 0 radical (unpaired) electrons. The third-order valence-corrected chi connectivity index (χ3v) is 8.22. The first-order chi connectivity index (χ1) is 13.9. The molecule has 2 aromatic rings. The molecule has 0 atom stereocenters. The third-order valence-electron chi connectivity index (χ3n) is 5.53. The van der Waals surface area contributed by atoms with E-state index in [2.05, 4.69) is 20.6 Å². The topological polar surface area (TPSA) is 82.6 Å². The number of nitrogens with zero attached hydrogens (tertiary/aromatic N) is 3. The second kappa shape index (κ2) is 8.41. The molecule has 0 saturated carbocycles. The van der Waals surface area contributed by atoms with Crippen LogP contribution in [0.2, 0.25) is 0 Å². The Hall–Kier alpha value is -1.97. The van der Waals surface area contributed by atoms with E-state index < -0.39 is 10.0 Å². The van der Waals surface area contributed by atoms with Crippen LogP contribution in [0.4, 0.5) is 11.4 Å². The molecule has 1 aromatic carbocycles. The Balaban J connectivity index is 1.28. The molecule has 3 heterocycles. The number of anilines is 2. The Morgan fingerprint density at radius 1 is 1.21 bits per heavy atom. The number of sulfonamides is 1. The number of nitrogens with one attached hydrogen (secondary N) is 1. The molecule has 2 saturated heterocycles. The smallest absolute Gasteiger partial charge is 0.235 e. The van der Waals surface area contributed by atoms with Gasteiger partial charge in [0.05, 0.1) is 22.1 Å². The molecule has 0 spiro atoms. The summed E-state index contributed by atoms with van der Waals surface area (Å²) in [6.45, 7) is 5.16. The fourth-order valence-corrected chi connectivity index (χ4v) is 6.12. The average molecular weight is 435 g/mol. The van der Waals surface area contributed by atoms with Crippen LogP contribution in [0.15, 0.2) is 29.6 Å². The van der Waals surface area contributed by atoms with Crippen LogP contribution in [0.3, 0.4) is 0 Å². The third kappa shape index (κ3) is 4.79. The Morgan fingerprint density at radius 2 is 1.93 bits per heavy atom. The highest BCUT2D eigenvalue weighted by atomic mass is 32.2.